The number of likely N-dealkylation sites (N-methyl/N-ethyl adjacent to an activating group) is 1. The predicted molar refractivity (Wildman–Crippen MR) is 117 cm³/mol. The molecule has 7 nitrogen and oxygen atoms in total. The number of carbonyl (C=O) groups excluding carboxylic acids is 2. The summed E-state index contributed by atoms with van der Waals surface area (Å²) in [6.45, 7) is 2.17. The molecule has 0 saturated heterocycles. The van der Waals surface area contributed by atoms with Crippen molar-refractivity contribution in [3.63, 3.8) is 0 Å². The Morgan fingerprint density at radius 3 is 2.63 bits per heavy atom. The van der Waals surface area contributed by atoms with E-state index in [1.165, 1.54) is 4.90 Å². The Hall–Kier alpha value is -3.13. The van der Waals surface area contributed by atoms with Gasteiger partial charge in [-0.2, -0.15) is 0 Å². The molecule has 0 N–H and O–H groups in total. The molecule has 1 aliphatic rings. The SMILES string of the molecule is CCOc1cc(/C=C2/N=C(c3ccccc3Br)OC2=O)ccc1OCC(=O)N(C)C. The summed E-state index contributed by atoms with van der Waals surface area (Å²) in [6.07, 6.45) is 1.61. The number of carbonyl (C=O) groups is 2. The highest BCUT2D eigenvalue weighted by atomic mass is 79.9. The molecule has 0 bridgehead atoms. The van der Waals surface area contributed by atoms with E-state index in [0.717, 1.165) is 4.47 Å². The van der Waals surface area contributed by atoms with Crippen LogP contribution in [0.3, 0.4) is 0 Å². The summed E-state index contributed by atoms with van der Waals surface area (Å²) in [5, 5.41) is 0. The Morgan fingerprint density at radius 2 is 1.93 bits per heavy atom. The lowest BCUT2D eigenvalue weighted by Gasteiger charge is -2.14. The van der Waals surface area contributed by atoms with Gasteiger partial charge in [0.25, 0.3) is 5.91 Å². The third kappa shape index (κ3) is 5.07. The van der Waals surface area contributed by atoms with Crippen molar-refractivity contribution in [1.29, 1.82) is 0 Å². The standard InChI is InChI=1S/C22H21BrN2O5/c1-4-28-19-12-14(9-10-18(19)29-13-20(26)25(2)3)11-17-22(27)30-21(24-17)15-7-5-6-8-16(15)23/h5-12H,4,13H2,1-3H3/b17-11+. The summed E-state index contributed by atoms with van der Waals surface area (Å²) < 4.78 is 17.3. The van der Waals surface area contributed by atoms with E-state index in [1.807, 2.05) is 31.2 Å². The van der Waals surface area contributed by atoms with Crippen LogP contribution in [0, 0.1) is 0 Å². The zero-order valence-corrected chi connectivity index (χ0v) is 18.4. The van der Waals surface area contributed by atoms with Gasteiger partial charge in [0, 0.05) is 18.6 Å². The molecular weight excluding hydrogens is 452 g/mol. The van der Waals surface area contributed by atoms with Crippen LogP contribution >= 0.6 is 15.9 Å². The molecule has 0 saturated carbocycles. The molecule has 0 radical (unpaired) electrons. The number of rotatable bonds is 7. The van der Waals surface area contributed by atoms with E-state index in [4.69, 9.17) is 14.2 Å². The van der Waals surface area contributed by atoms with Gasteiger partial charge < -0.3 is 19.1 Å². The van der Waals surface area contributed by atoms with Crippen LogP contribution in [-0.2, 0) is 14.3 Å². The van der Waals surface area contributed by atoms with Crippen LogP contribution in [0.15, 0.2) is 57.6 Å². The van der Waals surface area contributed by atoms with E-state index >= 15 is 0 Å². The van der Waals surface area contributed by atoms with Crippen LogP contribution in [0.1, 0.15) is 18.1 Å². The second kappa shape index (κ2) is 9.58. The number of hydrogen-bond acceptors (Lipinski definition) is 6. The number of benzene rings is 2. The van der Waals surface area contributed by atoms with Crippen LogP contribution in [0.2, 0.25) is 0 Å². The second-order valence-electron chi connectivity index (χ2n) is 6.53. The van der Waals surface area contributed by atoms with E-state index in [9.17, 15) is 9.59 Å². The number of amides is 1. The molecule has 1 heterocycles. The maximum Gasteiger partial charge on any atom is 0.363 e. The highest BCUT2D eigenvalue weighted by Crippen LogP contribution is 2.30. The Bertz CT molecular complexity index is 1030. The van der Waals surface area contributed by atoms with Crippen molar-refractivity contribution in [2.45, 2.75) is 6.92 Å². The number of esters is 1. The van der Waals surface area contributed by atoms with Crippen LogP contribution in [0.5, 0.6) is 11.5 Å². The van der Waals surface area contributed by atoms with E-state index in [-0.39, 0.29) is 24.1 Å². The normalized spacial score (nSPS) is 14.3. The molecule has 156 valence electrons. The number of hydrogen-bond donors (Lipinski definition) is 0. The smallest absolute Gasteiger partial charge is 0.363 e. The number of aliphatic imine (C=N–C) groups is 1. The highest BCUT2D eigenvalue weighted by molar-refractivity contribution is 9.10. The first-order valence-electron chi connectivity index (χ1n) is 9.26. The fourth-order valence-electron chi connectivity index (χ4n) is 2.59. The molecule has 30 heavy (non-hydrogen) atoms. The highest BCUT2D eigenvalue weighted by Gasteiger charge is 2.25. The van der Waals surface area contributed by atoms with Crippen molar-refractivity contribution in [3.8, 4) is 11.5 Å². The molecular formula is C22H21BrN2O5. The third-order valence-corrected chi connectivity index (χ3v) is 4.84. The topological polar surface area (TPSA) is 77.4 Å². The molecule has 1 aliphatic heterocycles. The van der Waals surface area contributed by atoms with E-state index in [0.29, 0.717) is 29.2 Å². The Balaban J connectivity index is 1.85. The van der Waals surface area contributed by atoms with Crippen molar-refractivity contribution in [1.82, 2.24) is 4.90 Å². The number of cyclic esters (lactones) is 1. The molecule has 3 rings (SSSR count). The summed E-state index contributed by atoms with van der Waals surface area (Å²) in [4.78, 5) is 29.8. The lowest BCUT2D eigenvalue weighted by atomic mass is 10.1. The van der Waals surface area contributed by atoms with Gasteiger partial charge in [0.2, 0.25) is 5.90 Å². The van der Waals surface area contributed by atoms with Gasteiger partial charge in [0.05, 0.1) is 12.2 Å². The average molecular weight is 473 g/mol. The fourth-order valence-corrected chi connectivity index (χ4v) is 3.04. The molecule has 2 aromatic carbocycles. The van der Waals surface area contributed by atoms with E-state index in [1.54, 1.807) is 38.4 Å². The van der Waals surface area contributed by atoms with Gasteiger partial charge in [-0.05, 0) is 58.8 Å². The maximum atomic E-state index is 12.3. The minimum atomic E-state index is -0.532. The molecule has 0 aromatic heterocycles. The lowest BCUT2D eigenvalue weighted by Crippen LogP contribution is -2.27. The molecule has 0 fully saturated rings. The van der Waals surface area contributed by atoms with Crippen LogP contribution < -0.4 is 9.47 Å². The van der Waals surface area contributed by atoms with E-state index in [2.05, 4.69) is 20.9 Å². The maximum absolute atomic E-state index is 12.3. The molecule has 1 amide bonds. The van der Waals surface area contributed by atoms with Crippen molar-refractivity contribution in [2.75, 3.05) is 27.3 Å². The molecule has 8 heteroatoms. The minimum Gasteiger partial charge on any atom is -0.490 e. The summed E-state index contributed by atoms with van der Waals surface area (Å²) >= 11 is 3.43. The molecule has 0 aliphatic carbocycles. The second-order valence-corrected chi connectivity index (χ2v) is 7.39. The Morgan fingerprint density at radius 1 is 1.17 bits per heavy atom. The average Bonchev–Trinajstić information content (AvgIpc) is 3.07. The van der Waals surface area contributed by atoms with Crippen molar-refractivity contribution in [3.05, 3.63) is 63.8 Å². The van der Waals surface area contributed by atoms with Gasteiger partial charge in [-0.25, -0.2) is 9.79 Å². The largest absolute Gasteiger partial charge is 0.490 e. The number of halogens is 1. The van der Waals surface area contributed by atoms with Crippen molar-refractivity contribution < 1.29 is 23.8 Å². The van der Waals surface area contributed by atoms with Gasteiger partial charge >= 0.3 is 5.97 Å². The Kier molecular flexibility index (Phi) is 6.89. The Labute approximate surface area is 183 Å². The number of nitrogens with zero attached hydrogens (tertiary/aromatic N) is 2. The van der Waals surface area contributed by atoms with Gasteiger partial charge in [-0.3, -0.25) is 4.79 Å². The monoisotopic (exact) mass is 472 g/mol. The van der Waals surface area contributed by atoms with Gasteiger partial charge in [0.1, 0.15) is 0 Å². The zero-order valence-electron chi connectivity index (χ0n) is 16.8. The summed E-state index contributed by atoms with van der Waals surface area (Å²) in [5.74, 6) is 0.466. The quantitative estimate of drug-likeness (QED) is 0.453. The van der Waals surface area contributed by atoms with E-state index < -0.39 is 5.97 Å². The van der Waals surface area contributed by atoms with Gasteiger partial charge in [-0.1, -0.05) is 18.2 Å². The summed E-state index contributed by atoms with van der Waals surface area (Å²) in [6, 6.07) is 12.5. The summed E-state index contributed by atoms with van der Waals surface area (Å²) in [5.41, 5.74) is 1.56. The molecule has 0 spiro atoms. The van der Waals surface area contributed by atoms with Gasteiger partial charge in [-0.15, -0.1) is 0 Å². The molecule has 0 atom stereocenters. The molecule has 2 aromatic rings. The first-order valence-corrected chi connectivity index (χ1v) is 10.1. The third-order valence-electron chi connectivity index (χ3n) is 4.15. The van der Waals surface area contributed by atoms with Crippen molar-refractivity contribution >= 4 is 39.8 Å². The lowest BCUT2D eigenvalue weighted by molar-refractivity contribution is -0.131. The first-order chi connectivity index (χ1) is 14.4. The minimum absolute atomic E-state index is 0.0978. The first kappa shape index (κ1) is 21.6. The van der Waals surface area contributed by atoms with Crippen LogP contribution in [0.4, 0.5) is 0 Å². The predicted octanol–water partition coefficient (Wildman–Crippen LogP) is 3.66. The van der Waals surface area contributed by atoms with Crippen LogP contribution in [-0.4, -0.2) is 50.0 Å². The fraction of sp³-hybridized carbons (Fsp3) is 0.227. The number of ether oxygens (including phenoxy) is 3. The molecule has 0 unspecified atom stereocenters. The van der Waals surface area contributed by atoms with Crippen LogP contribution in [0.25, 0.3) is 6.08 Å². The van der Waals surface area contributed by atoms with Crippen molar-refractivity contribution in [2.24, 2.45) is 4.99 Å². The summed E-state index contributed by atoms with van der Waals surface area (Å²) in [7, 11) is 3.32. The van der Waals surface area contributed by atoms with Gasteiger partial charge in [0.15, 0.2) is 23.8 Å². The zero-order chi connectivity index (χ0) is 21.7.